The Morgan fingerprint density at radius 1 is 1.32 bits per heavy atom. The van der Waals surface area contributed by atoms with Crippen LogP contribution >= 0.6 is 11.6 Å². The van der Waals surface area contributed by atoms with Gasteiger partial charge in [-0.25, -0.2) is 4.39 Å². The Kier molecular flexibility index (Phi) is 5.49. The Bertz CT molecular complexity index is 630. The molecule has 1 aromatic carbocycles. The van der Waals surface area contributed by atoms with Gasteiger partial charge >= 0.3 is 0 Å². The summed E-state index contributed by atoms with van der Waals surface area (Å²) in [5.41, 5.74) is 6.26. The second-order valence-electron chi connectivity index (χ2n) is 5.09. The molecule has 1 heterocycles. The number of benzene rings is 1. The van der Waals surface area contributed by atoms with Crippen molar-refractivity contribution in [2.75, 3.05) is 11.1 Å². The summed E-state index contributed by atoms with van der Waals surface area (Å²) in [6.07, 6.45) is 2.22. The van der Waals surface area contributed by atoms with Crippen molar-refractivity contribution in [1.29, 1.82) is 0 Å². The summed E-state index contributed by atoms with van der Waals surface area (Å²) in [6, 6.07) is 4.87. The molecular formula is C15H19ClFN5. The Hall–Kier alpha value is -1.95. The van der Waals surface area contributed by atoms with E-state index in [-0.39, 0.29) is 17.8 Å². The fourth-order valence-electron chi connectivity index (χ4n) is 2.18. The molecule has 0 fully saturated rings. The van der Waals surface area contributed by atoms with Gasteiger partial charge in [-0.3, -0.25) is 0 Å². The van der Waals surface area contributed by atoms with Gasteiger partial charge in [0.15, 0.2) is 0 Å². The lowest BCUT2D eigenvalue weighted by Gasteiger charge is -2.17. The summed E-state index contributed by atoms with van der Waals surface area (Å²) >= 11 is 5.76. The number of halogens is 2. The molecule has 22 heavy (non-hydrogen) atoms. The Morgan fingerprint density at radius 3 is 2.73 bits per heavy atom. The van der Waals surface area contributed by atoms with Gasteiger partial charge in [-0.15, -0.1) is 0 Å². The largest absolute Gasteiger partial charge is 0.368 e. The minimum absolute atomic E-state index is 0.122. The molecular weight excluding hydrogens is 305 g/mol. The SMILES string of the molecule is CCC(CCc1ccc(Cl)cc1F)Nc1nc(C)nc(N)n1. The monoisotopic (exact) mass is 323 g/mol. The van der Waals surface area contributed by atoms with E-state index in [2.05, 4.69) is 20.3 Å². The first kappa shape index (κ1) is 16.4. The highest BCUT2D eigenvalue weighted by Gasteiger charge is 2.11. The third-order valence-electron chi connectivity index (χ3n) is 3.37. The highest BCUT2D eigenvalue weighted by Crippen LogP contribution is 2.18. The molecule has 0 radical (unpaired) electrons. The van der Waals surface area contributed by atoms with Crippen molar-refractivity contribution in [2.24, 2.45) is 0 Å². The Labute approximate surface area is 134 Å². The molecule has 2 rings (SSSR count). The molecule has 0 bridgehead atoms. The van der Waals surface area contributed by atoms with Crippen molar-refractivity contribution in [3.05, 3.63) is 40.4 Å². The second-order valence-corrected chi connectivity index (χ2v) is 5.52. The van der Waals surface area contributed by atoms with E-state index in [4.69, 9.17) is 17.3 Å². The quantitative estimate of drug-likeness (QED) is 0.852. The van der Waals surface area contributed by atoms with Gasteiger partial charge in [0.25, 0.3) is 0 Å². The number of aryl methyl sites for hydroxylation is 2. The fraction of sp³-hybridized carbons (Fsp3) is 0.400. The number of nitrogens with zero attached hydrogens (tertiary/aromatic N) is 3. The van der Waals surface area contributed by atoms with Gasteiger partial charge in [0, 0.05) is 11.1 Å². The van der Waals surface area contributed by atoms with Crippen LogP contribution in [0.25, 0.3) is 0 Å². The molecule has 0 saturated carbocycles. The summed E-state index contributed by atoms with van der Waals surface area (Å²) in [4.78, 5) is 12.2. The first-order valence-electron chi connectivity index (χ1n) is 7.16. The number of hydrogen-bond donors (Lipinski definition) is 2. The van der Waals surface area contributed by atoms with Gasteiger partial charge < -0.3 is 11.1 Å². The zero-order valence-electron chi connectivity index (χ0n) is 12.6. The van der Waals surface area contributed by atoms with Crippen LogP contribution in [-0.4, -0.2) is 21.0 Å². The zero-order chi connectivity index (χ0) is 16.1. The molecule has 0 aliphatic rings. The summed E-state index contributed by atoms with van der Waals surface area (Å²) in [5.74, 6) is 0.929. The lowest BCUT2D eigenvalue weighted by Crippen LogP contribution is -2.22. The third-order valence-corrected chi connectivity index (χ3v) is 3.60. The van der Waals surface area contributed by atoms with E-state index in [9.17, 15) is 4.39 Å². The molecule has 0 amide bonds. The molecule has 7 heteroatoms. The topological polar surface area (TPSA) is 76.7 Å². The highest BCUT2D eigenvalue weighted by molar-refractivity contribution is 6.30. The van der Waals surface area contributed by atoms with Crippen molar-refractivity contribution in [1.82, 2.24) is 15.0 Å². The van der Waals surface area contributed by atoms with Crippen LogP contribution in [0.1, 0.15) is 31.2 Å². The first-order valence-corrected chi connectivity index (χ1v) is 7.54. The molecule has 0 spiro atoms. The number of aromatic nitrogens is 3. The number of rotatable bonds is 6. The maximum Gasteiger partial charge on any atom is 0.227 e. The standard InChI is InChI=1S/C15H19ClFN5/c1-3-12(21-15-20-9(2)19-14(18)22-15)7-5-10-4-6-11(16)8-13(10)17/h4,6,8,12H,3,5,7H2,1-2H3,(H3,18,19,20,21,22). The second kappa shape index (κ2) is 7.35. The van der Waals surface area contributed by atoms with Crippen LogP contribution in [0.2, 0.25) is 5.02 Å². The predicted molar refractivity (Wildman–Crippen MR) is 86.4 cm³/mol. The molecule has 0 aliphatic heterocycles. The van der Waals surface area contributed by atoms with Crippen LogP contribution in [-0.2, 0) is 6.42 Å². The van der Waals surface area contributed by atoms with E-state index in [0.29, 0.717) is 28.8 Å². The molecule has 2 aromatic rings. The van der Waals surface area contributed by atoms with Crippen LogP contribution < -0.4 is 11.1 Å². The van der Waals surface area contributed by atoms with Crippen molar-refractivity contribution in [2.45, 2.75) is 39.2 Å². The van der Waals surface area contributed by atoms with Gasteiger partial charge in [-0.2, -0.15) is 15.0 Å². The number of anilines is 2. The smallest absolute Gasteiger partial charge is 0.227 e. The molecule has 3 N–H and O–H groups in total. The van der Waals surface area contributed by atoms with Crippen molar-refractivity contribution in [3.8, 4) is 0 Å². The minimum Gasteiger partial charge on any atom is -0.368 e. The molecule has 5 nitrogen and oxygen atoms in total. The van der Waals surface area contributed by atoms with Crippen LogP contribution in [0, 0.1) is 12.7 Å². The van der Waals surface area contributed by atoms with E-state index >= 15 is 0 Å². The van der Waals surface area contributed by atoms with Crippen molar-refractivity contribution in [3.63, 3.8) is 0 Å². The van der Waals surface area contributed by atoms with Crippen LogP contribution in [0.5, 0.6) is 0 Å². The molecule has 0 aliphatic carbocycles. The third kappa shape index (κ3) is 4.53. The molecule has 1 aromatic heterocycles. The maximum atomic E-state index is 13.8. The number of nitrogens with one attached hydrogen (secondary N) is 1. The van der Waals surface area contributed by atoms with E-state index in [1.54, 1.807) is 19.1 Å². The van der Waals surface area contributed by atoms with E-state index in [1.165, 1.54) is 6.07 Å². The van der Waals surface area contributed by atoms with Crippen molar-refractivity contribution < 1.29 is 4.39 Å². The van der Waals surface area contributed by atoms with Gasteiger partial charge in [-0.1, -0.05) is 24.6 Å². The van der Waals surface area contributed by atoms with E-state index in [0.717, 1.165) is 12.8 Å². The highest BCUT2D eigenvalue weighted by atomic mass is 35.5. The molecule has 118 valence electrons. The Morgan fingerprint density at radius 2 is 2.09 bits per heavy atom. The summed E-state index contributed by atoms with van der Waals surface area (Å²) in [6.45, 7) is 3.81. The van der Waals surface area contributed by atoms with Gasteiger partial charge in [0.2, 0.25) is 11.9 Å². The van der Waals surface area contributed by atoms with Crippen LogP contribution in [0.4, 0.5) is 16.3 Å². The number of nitrogen functional groups attached to an aromatic ring is 1. The molecule has 1 atom stereocenters. The number of nitrogens with two attached hydrogens (primary N) is 1. The average molecular weight is 324 g/mol. The maximum absolute atomic E-state index is 13.8. The predicted octanol–water partition coefficient (Wildman–Crippen LogP) is 3.38. The lowest BCUT2D eigenvalue weighted by molar-refractivity contribution is 0.581. The summed E-state index contributed by atoms with van der Waals surface area (Å²) in [7, 11) is 0. The fourth-order valence-corrected chi connectivity index (χ4v) is 2.34. The van der Waals surface area contributed by atoms with Gasteiger partial charge in [-0.05, 0) is 43.9 Å². The summed E-state index contributed by atoms with van der Waals surface area (Å²) < 4.78 is 13.8. The van der Waals surface area contributed by atoms with Gasteiger partial charge in [0.05, 0.1) is 0 Å². The first-order chi connectivity index (χ1) is 10.5. The average Bonchev–Trinajstić information content (AvgIpc) is 2.43. The summed E-state index contributed by atoms with van der Waals surface area (Å²) in [5, 5.41) is 3.63. The molecule has 0 saturated heterocycles. The normalized spacial score (nSPS) is 12.2. The van der Waals surface area contributed by atoms with Crippen LogP contribution in [0.15, 0.2) is 18.2 Å². The Balaban J connectivity index is 2.00. The lowest BCUT2D eigenvalue weighted by atomic mass is 10.0. The molecule has 1 unspecified atom stereocenters. The zero-order valence-corrected chi connectivity index (χ0v) is 13.4. The van der Waals surface area contributed by atoms with E-state index < -0.39 is 0 Å². The number of hydrogen-bond acceptors (Lipinski definition) is 5. The van der Waals surface area contributed by atoms with E-state index in [1.807, 2.05) is 6.92 Å². The minimum atomic E-state index is -0.275. The van der Waals surface area contributed by atoms with Crippen LogP contribution in [0.3, 0.4) is 0 Å². The van der Waals surface area contributed by atoms with Gasteiger partial charge in [0.1, 0.15) is 11.6 Å². The van der Waals surface area contributed by atoms with Crippen molar-refractivity contribution >= 4 is 23.5 Å².